The predicted molar refractivity (Wildman–Crippen MR) is 110 cm³/mol. The van der Waals surface area contributed by atoms with Crippen LogP contribution < -0.4 is 5.32 Å². The molecule has 0 fully saturated rings. The first-order chi connectivity index (χ1) is 13.3. The van der Waals surface area contributed by atoms with Gasteiger partial charge in [0.2, 0.25) is 5.91 Å². The molecule has 1 aromatic carbocycles. The van der Waals surface area contributed by atoms with Gasteiger partial charge in [-0.2, -0.15) is 0 Å². The normalized spacial score (nSPS) is 12.0. The Balaban J connectivity index is 1.94. The van der Waals surface area contributed by atoms with Crippen LogP contribution in [0.2, 0.25) is 0 Å². The van der Waals surface area contributed by atoms with Gasteiger partial charge >= 0.3 is 0 Å². The van der Waals surface area contributed by atoms with Crippen molar-refractivity contribution >= 4 is 29.4 Å². The maximum absolute atomic E-state index is 13.7. The summed E-state index contributed by atoms with van der Waals surface area (Å²) in [7, 11) is 0. The predicted octanol–water partition coefficient (Wildman–Crippen LogP) is 4.47. The third kappa shape index (κ3) is 4.59. The van der Waals surface area contributed by atoms with Crippen molar-refractivity contribution < 1.29 is 9.18 Å². The number of carbonyl (C=O) groups excluding carboxylic acids is 1. The highest BCUT2D eigenvalue weighted by Crippen LogP contribution is 2.32. The van der Waals surface area contributed by atoms with Crippen molar-refractivity contribution in [1.29, 1.82) is 0 Å². The van der Waals surface area contributed by atoms with Crippen LogP contribution in [0.3, 0.4) is 0 Å². The average molecular weight is 399 g/mol. The molecule has 7 heteroatoms. The van der Waals surface area contributed by atoms with Gasteiger partial charge in [-0.3, -0.25) is 9.20 Å². The number of halogens is 1. The van der Waals surface area contributed by atoms with Gasteiger partial charge in [0.1, 0.15) is 11.6 Å². The van der Waals surface area contributed by atoms with E-state index in [0.29, 0.717) is 12.1 Å². The van der Waals surface area contributed by atoms with E-state index in [2.05, 4.69) is 36.3 Å². The van der Waals surface area contributed by atoms with Crippen LogP contribution in [0.1, 0.15) is 39.1 Å². The molecule has 0 saturated carbocycles. The Morgan fingerprint density at radius 1 is 1.25 bits per heavy atom. The smallest absolute Gasteiger partial charge is 0.243 e. The van der Waals surface area contributed by atoms with Gasteiger partial charge < -0.3 is 5.32 Å². The van der Waals surface area contributed by atoms with Crippen LogP contribution in [0.25, 0.3) is 11.7 Å². The van der Waals surface area contributed by atoms with E-state index in [1.807, 2.05) is 29.7 Å². The fourth-order valence-corrected chi connectivity index (χ4v) is 3.64. The zero-order valence-corrected chi connectivity index (χ0v) is 17.2. The first-order valence-electron chi connectivity index (χ1n) is 9.06. The van der Waals surface area contributed by atoms with Gasteiger partial charge in [-0.05, 0) is 48.9 Å². The summed E-state index contributed by atoms with van der Waals surface area (Å²) in [6.45, 7) is 8.67. The Kier molecular flexibility index (Phi) is 5.84. The van der Waals surface area contributed by atoms with Crippen LogP contribution >= 0.6 is 11.8 Å². The van der Waals surface area contributed by atoms with Gasteiger partial charge in [-0.25, -0.2) is 4.39 Å². The first kappa shape index (κ1) is 20.1. The molecule has 0 unspecified atom stereocenters. The van der Waals surface area contributed by atoms with Crippen molar-refractivity contribution in [3.63, 3.8) is 0 Å². The monoisotopic (exact) mass is 398 g/mol. The molecule has 1 N–H and O–H groups in total. The van der Waals surface area contributed by atoms with Gasteiger partial charge in [0.05, 0.1) is 0 Å². The summed E-state index contributed by atoms with van der Waals surface area (Å²) in [4.78, 5) is 13.5. The Morgan fingerprint density at radius 3 is 2.75 bits per heavy atom. The molecular formula is C21H23FN4OS. The maximum Gasteiger partial charge on any atom is 0.243 e. The molecule has 2 heterocycles. The number of fused-ring (bicyclic) bond motifs is 1. The molecule has 0 atom stereocenters. The summed E-state index contributed by atoms with van der Waals surface area (Å²) in [6, 6.07) is 8.44. The van der Waals surface area contributed by atoms with Crippen LogP contribution in [0.15, 0.2) is 52.4 Å². The molecule has 0 radical (unpaired) electrons. The van der Waals surface area contributed by atoms with Crippen molar-refractivity contribution in [2.24, 2.45) is 0 Å². The van der Waals surface area contributed by atoms with Crippen LogP contribution in [-0.4, -0.2) is 27.0 Å². The van der Waals surface area contributed by atoms with Crippen LogP contribution in [0.5, 0.6) is 0 Å². The molecular weight excluding hydrogens is 375 g/mol. The standard InChI is InChI=1S/C21H23FN4OS/c1-5-23-19(27)11-6-14-12-15(22)7-9-17(14)28-16-8-10-18-24-25-20(21(2,3)4)26(18)13-16/h6-13H,5H2,1-4H3,(H,23,27)/b11-6+. The van der Waals surface area contributed by atoms with E-state index in [0.717, 1.165) is 21.3 Å². The molecule has 0 aliphatic carbocycles. The van der Waals surface area contributed by atoms with Crippen molar-refractivity contribution in [3.8, 4) is 0 Å². The van der Waals surface area contributed by atoms with Gasteiger partial charge in [0, 0.05) is 34.0 Å². The number of hydrogen-bond acceptors (Lipinski definition) is 4. The van der Waals surface area contributed by atoms with Crippen molar-refractivity contribution in [1.82, 2.24) is 19.9 Å². The average Bonchev–Trinajstić information content (AvgIpc) is 3.05. The van der Waals surface area contributed by atoms with E-state index in [1.165, 1.54) is 30.0 Å². The zero-order valence-electron chi connectivity index (χ0n) is 16.4. The van der Waals surface area contributed by atoms with E-state index >= 15 is 0 Å². The maximum atomic E-state index is 13.7. The number of nitrogens with zero attached hydrogens (tertiary/aromatic N) is 3. The number of aromatic nitrogens is 3. The molecule has 2 aromatic heterocycles. The van der Waals surface area contributed by atoms with Gasteiger partial charge in [-0.1, -0.05) is 32.5 Å². The van der Waals surface area contributed by atoms with Gasteiger partial charge in [0.25, 0.3) is 0 Å². The highest BCUT2D eigenvalue weighted by molar-refractivity contribution is 7.99. The van der Waals surface area contributed by atoms with E-state index in [4.69, 9.17) is 0 Å². The molecule has 0 spiro atoms. The van der Waals surface area contributed by atoms with Crippen molar-refractivity contribution in [3.05, 3.63) is 59.8 Å². The highest BCUT2D eigenvalue weighted by Gasteiger charge is 2.21. The fourth-order valence-electron chi connectivity index (χ4n) is 2.71. The van der Waals surface area contributed by atoms with Crippen molar-refractivity contribution in [2.75, 3.05) is 6.54 Å². The summed E-state index contributed by atoms with van der Waals surface area (Å²) < 4.78 is 15.7. The van der Waals surface area contributed by atoms with Gasteiger partial charge in [0.15, 0.2) is 5.65 Å². The minimum atomic E-state index is -0.343. The van der Waals surface area contributed by atoms with E-state index in [9.17, 15) is 9.18 Å². The number of carbonyl (C=O) groups is 1. The second-order valence-electron chi connectivity index (χ2n) is 7.38. The van der Waals surface area contributed by atoms with E-state index in [1.54, 1.807) is 12.1 Å². The Morgan fingerprint density at radius 2 is 2.04 bits per heavy atom. The summed E-state index contributed by atoms with van der Waals surface area (Å²) in [5.41, 5.74) is 1.29. The molecule has 1 amide bonds. The van der Waals surface area contributed by atoms with E-state index < -0.39 is 0 Å². The number of nitrogens with one attached hydrogen (secondary N) is 1. The molecule has 146 valence electrons. The lowest BCUT2D eigenvalue weighted by molar-refractivity contribution is -0.116. The molecule has 0 aliphatic rings. The minimum Gasteiger partial charge on any atom is -0.353 e. The second-order valence-corrected chi connectivity index (χ2v) is 8.49. The minimum absolute atomic E-state index is 0.140. The summed E-state index contributed by atoms with van der Waals surface area (Å²) >= 11 is 1.50. The lowest BCUT2D eigenvalue weighted by atomic mass is 9.96. The molecule has 3 aromatic rings. The van der Waals surface area contributed by atoms with Crippen LogP contribution in [0, 0.1) is 5.82 Å². The highest BCUT2D eigenvalue weighted by atomic mass is 32.2. The molecule has 0 aliphatic heterocycles. The number of rotatable bonds is 5. The SMILES string of the molecule is CCNC(=O)/C=C/c1cc(F)ccc1Sc1ccc2nnc(C(C)(C)C)n2c1. The number of hydrogen-bond donors (Lipinski definition) is 1. The Labute approximate surface area is 168 Å². The fraction of sp³-hybridized carbons (Fsp3) is 0.286. The Bertz CT molecular complexity index is 1040. The largest absolute Gasteiger partial charge is 0.353 e. The molecule has 3 rings (SSSR count). The Hall–Kier alpha value is -2.67. The van der Waals surface area contributed by atoms with Crippen molar-refractivity contribution in [2.45, 2.75) is 42.9 Å². The third-order valence-electron chi connectivity index (χ3n) is 4.01. The number of pyridine rings is 1. The topological polar surface area (TPSA) is 59.3 Å². The summed E-state index contributed by atoms with van der Waals surface area (Å²) in [6.07, 6.45) is 5.04. The lowest BCUT2D eigenvalue weighted by Gasteiger charge is -2.16. The van der Waals surface area contributed by atoms with Gasteiger partial charge in [-0.15, -0.1) is 10.2 Å². The number of likely N-dealkylation sites (N-methyl/N-ethyl adjacent to an activating group) is 1. The molecule has 0 saturated heterocycles. The summed E-state index contributed by atoms with van der Waals surface area (Å²) in [5, 5.41) is 11.2. The third-order valence-corrected chi connectivity index (χ3v) is 5.08. The van der Waals surface area contributed by atoms with Crippen LogP contribution in [-0.2, 0) is 10.2 Å². The van der Waals surface area contributed by atoms with E-state index in [-0.39, 0.29) is 17.1 Å². The lowest BCUT2D eigenvalue weighted by Crippen LogP contribution is -2.19. The molecule has 28 heavy (non-hydrogen) atoms. The van der Waals surface area contributed by atoms with Crippen LogP contribution in [0.4, 0.5) is 4.39 Å². The second kappa shape index (κ2) is 8.14. The quantitative estimate of drug-likeness (QED) is 0.645. The number of benzene rings is 1. The summed E-state index contributed by atoms with van der Waals surface area (Å²) in [5.74, 6) is 0.327. The molecule has 5 nitrogen and oxygen atoms in total. The zero-order chi connectivity index (χ0) is 20.3. The first-order valence-corrected chi connectivity index (χ1v) is 9.88. The molecule has 0 bridgehead atoms. The number of amides is 1.